The van der Waals surface area contributed by atoms with Crippen LogP contribution in [0.4, 0.5) is 0 Å². The number of alkyl halides is 1. The molecule has 2 rings (SSSR count). The summed E-state index contributed by atoms with van der Waals surface area (Å²) in [6.07, 6.45) is 0.686. The van der Waals surface area contributed by atoms with E-state index in [9.17, 15) is 0 Å². The fourth-order valence-electron chi connectivity index (χ4n) is 1.15. The molecule has 0 saturated carbocycles. The summed E-state index contributed by atoms with van der Waals surface area (Å²) in [6, 6.07) is 9.91. The third kappa shape index (κ3) is 1.43. The number of hydrogen-bond acceptors (Lipinski definition) is 2. The fraction of sp³-hybridized carbons (Fsp3) is 0.222. The molecule has 1 aromatic rings. The molecule has 0 radical (unpaired) electrons. The van der Waals surface area contributed by atoms with Gasteiger partial charge in [-0.2, -0.15) is 0 Å². The molecule has 62 valence electrons. The Morgan fingerprint density at radius 3 is 2.67 bits per heavy atom. The van der Waals surface area contributed by atoms with Crippen LogP contribution in [0.2, 0.25) is 0 Å². The maximum Gasteiger partial charge on any atom is 0.206 e. The number of oxime groups is 1. The molecule has 0 amide bonds. The van der Waals surface area contributed by atoms with Gasteiger partial charge in [-0.05, 0) is 5.56 Å². The molecule has 0 saturated heterocycles. The second-order valence-corrected chi connectivity index (χ2v) is 3.11. The Kier molecular flexibility index (Phi) is 2.00. The summed E-state index contributed by atoms with van der Waals surface area (Å²) in [7, 11) is 0. The molecule has 1 atom stereocenters. The van der Waals surface area contributed by atoms with Gasteiger partial charge >= 0.3 is 0 Å². The lowest BCUT2D eigenvalue weighted by molar-refractivity contribution is 0.143. The molecule has 0 aromatic heterocycles. The van der Waals surface area contributed by atoms with Crippen molar-refractivity contribution >= 4 is 17.3 Å². The zero-order valence-electron chi connectivity index (χ0n) is 6.40. The zero-order chi connectivity index (χ0) is 8.39. The van der Waals surface area contributed by atoms with Crippen molar-refractivity contribution in [3.63, 3.8) is 0 Å². The summed E-state index contributed by atoms with van der Waals surface area (Å²) in [5.74, 6) is 0. The minimum atomic E-state index is -0.291. The van der Waals surface area contributed by atoms with Crippen LogP contribution in [-0.2, 0) is 4.84 Å². The SMILES string of the molecule is ClC1CC(c2ccccc2)=NO1. The molecule has 0 spiro atoms. The number of benzene rings is 1. The second kappa shape index (κ2) is 3.15. The lowest BCUT2D eigenvalue weighted by Crippen LogP contribution is -2.00. The van der Waals surface area contributed by atoms with E-state index in [1.165, 1.54) is 0 Å². The predicted octanol–water partition coefficient (Wildman–Crippen LogP) is 2.38. The summed E-state index contributed by atoms with van der Waals surface area (Å²) >= 11 is 5.72. The van der Waals surface area contributed by atoms with Gasteiger partial charge in [-0.25, -0.2) is 0 Å². The van der Waals surface area contributed by atoms with Crippen LogP contribution in [0.3, 0.4) is 0 Å². The van der Waals surface area contributed by atoms with Crippen LogP contribution in [0.1, 0.15) is 12.0 Å². The third-order valence-electron chi connectivity index (χ3n) is 1.74. The van der Waals surface area contributed by atoms with Crippen molar-refractivity contribution in [3.05, 3.63) is 35.9 Å². The van der Waals surface area contributed by atoms with Crippen molar-refractivity contribution < 1.29 is 4.84 Å². The highest BCUT2D eigenvalue weighted by atomic mass is 35.5. The Balaban J connectivity index is 2.22. The quantitative estimate of drug-likeness (QED) is 0.610. The van der Waals surface area contributed by atoms with E-state index in [2.05, 4.69) is 5.16 Å². The van der Waals surface area contributed by atoms with E-state index in [4.69, 9.17) is 16.4 Å². The largest absolute Gasteiger partial charge is 0.376 e. The molecular weight excluding hydrogens is 174 g/mol. The van der Waals surface area contributed by atoms with Crippen LogP contribution in [0.15, 0.2) is 35.5 Å². The van der Waals surface area contributed by atoms with E-state index in [1.54, 1.807) is 0 Å². The van der Waals surface area contributed by atoms with Gasteiger partial charge in [0.05, 0.1) is 5.71 Å². The lowest BCUT2D eigenvalue weighted by atomic mass is 10.1. The average Bonchev–Trinajstić information content (AvgIpc) is 2.54. The van der Waals surface area contributed by atoms with Gasteiger partial charge in [-0.1, -0.05) is 47.1 Å². The molecule has 3 heteroatoms. The first-order valence-corrected chi connectivity index (χ1v) is 4.22. The average molecular weight is 182 g/mol. The normalized spacial score (nSPS) is 21.8. The number of halogens is 1. The molecule has 0 aliphatic carbocycles. The molecule has 1 heterocycles. The van der Waals surface area contributed by atoms with Crippen molar-refractivity contribution in [1.82, 2.24) is 0 Å². The van der Waals surface area contributed by atoms with Crippen molar-refractivity contribution in [2.45, 2.75) is 12.0 Å². The van der Waals surface area contributed by atoms with Crippen LogP contribution < -0.4 is 0 Å². The molecule has 0 fully saturated rings. The molecule has 0 N–H and O–H groups in total. The van der Waals surface area contributed by atoms with Crippen molar-refractivity contribution in [2.75, 3.05) is 0 Å². The maximum absolute atomic E-state index is 5.72. The molecule has 1 unspecified atom stereocenters. The lowest BCUT2D eigenvalue weighted by Gasteiger charge is -1.96. The summed E-state index contributed by atoms with van der Waals surface area (Å²) in [5, 5.41) is 3.87. The Morgan fingerprint density at radius 2 is 2.08 bits per heavy atom. The summed E-state index contributed by atoms with van der Waals surface area (Å²) < 4.78 is 0. The van der Waals surface area contributed by atoms with Crippen LogP contribution in [0, 0.1) is 0 Å². The molecule has 1 aromatic carbocycles. The van der Waals surface area contributed by atoms with Gasteiger partial charge < -0.3 is 4.84 Å². The molecule has 1 aliphatic rings. The molecule has 0 bridgehead atoms. The van der Waals surface area contributed by atoms with E-state index in [1.807, 2.05) is 30.3 Å². The minimum Gasteiger partial charge on any atom is -0.376 e. The van der Waals surface area contributed by atoms with Gasteiger partial charge in [0.2, 0.25) is 5.56 Å². The van der Waals surface area contributed by atoms with Gasteiger partial charge in [0, 0.05) is 6.42 Å². The Labute approximate surface area is 75.8 Å². The summed E-state index contributed by atoms with van der Waals surface area (Å²) in [6.45, 7) is 0. The van der Waals surface area contributed by atoms with Crippen molar-refractivity contribution in [1.29, 1.82) is 0 Å². The third-order valence-corrected chi connectivity index (χ3v) is 1.97. The first-order valence-electron chi connectivity index (χ1n) is 3.78. The van der Waals surface area contributed by atoms with E-state index >= 15 is 0 Å². The highest BCUT2D eigenvalue weighted by Gasteiger charge is 2.18. The maximum atomic E-state index is 5.72. The van der Waals surface area contributed by atoms with Crippen molar-refractivity contribution in [3.8, 4) is 0 Å². The number of hydrogen-bond donors (Lipinski definition) is 0. The Hall–Kier alpha value is -1.02. The first kappa shape index (κ1) is 7.62. The van der Waals surface area contributed by atoms with Gasteiger partial charge in [-0.3, -0.25) is 0 Å². The standard InChI is InChI=1S/C9H8ClNO/c10-9-6-8(11-12-9)7-4-2-1-3-5-7/h1-5,9H,6H2. The van der Waals surface area contributed by atoms with Crippen LogP contribution >= 0.6 is 11.6 Å². The number of nitrogens with zero attached hydrogens (tertiary/aromatic N) is 1. The molecule has 12 heavy (non-hydrogen) atoms. The van der Waals surface area contributed by atoms with Gasteiger partial charge in [-0.15, -0.1) is 0 Å². The topological polar surface area (TPSA) is 21.6 Å². The van der Waals surface area contributed by atoms with E-state index < -0.39 is 0 Å². The van der Waals surface area contributed by atoms with Crippen LogP contribution in [0.25, 0.3) is 0 Å². The summed E-state index contributed by atoms with van der Waals surface area (Å²) in [4.78, 5) is 4.87. The predicted molar refractivity (Wildman–Crippen MR) is 48.3 cm³/mol. The molecular formula is C9H8ClNO. The zero-order valence-corrected chi connectivity index (χ0v) is 7.16. The fourth-order valence-corrected chi connectivity index (χ4v) is 1.33. The van der Waals surface area contributed by atoms with E-state index in [0.717, 1.165) is 11.3 Å². The smallest absolute Gasteiger partial charge is 0.206 e. The van der Waals surface area contributed by atoms with Crippen LogP contribution in [0.5, 0.6) is 0 Å². The monoisotopic (exact) mass is 181 g/mol. The first-order chi connectivity index (χ1) is 5.86. The highest BCUT2D eigenvalue weighted by molar-refractivity contribution is 6.22. The Bertz CT molecular complexity index is 297. The van der Waals surface area contributed by atoms with E-state index in [0.29, 0.717) is 6.42 Å². The number of rotatable bonds is 1. The Morgan fingerprint density at radius 1 is 1.33 bits per heavy atom. The van der Waals surface area contributed by atoms with E-state index in [-0.39, 0.29) is 5.56 Å². The van der Waals surface area contributed by atoms with Gasteiger partial charge in [0.1, 0.15) is 0 Å². The second-order valence-electron chi connectivity index (χ2n) is 2.62. The minimum absolute atomic E-state index is 0.291. The van der Waals surface area contributed by atoms with Crippen LogP contribution in [-0.4, -0.2) is 11.3 Å². The van der Waals surface area contributed by atoms with Crippen molar-refractivity contribution in [2.24, 2.45) is 5.16 Å². The molecule has 2 nitrogen and oxygen atoms in total. The van der Waals surface area contributed by atoms with Gasteiger partial charge in [0.25, 0.3) is 0 Å². The van der Waals surface area contributed by atoms with Gasteiger partial charge in [0.15, 0.2) is 0 Å². The highest BCUT2D eigenvalue weighted by Crippen LogP contribution is 2.18. The summed E-state index contributed by atoms with van der Waals surface area (Å²) in [5.41, 5.74) is 1.72. The molecule has 1 aliphatic heterocycles.